The first-order valence-corrected chi connectivity index (χ1v) is 13.9. The van der Waals surface area contributed by atoms with Crippen LogP contribution in [-0.4, -0.2) is 0 Å². The summed E-state index contributed by atoms with van der Waals surface area (Å²) in [6, 6.07) is 0. The third kappa shape index (κ3) is 9.53. The molecule has 0 radical (unpaired) electrons. The van der Waals surface area contributed by atoms with Gasteiger partial charge in [-0.1, -0.05) is 118 Å². The van der Waals surface area contributed by atoms with Crippen molar-refractivity contribution in [1.82, 2.24) is 0 Å². The van der Waals surface area contributed by atoms with Gasteiger partial charge >= 0.3 is 7.82 Å². The number of rotatable bonds is 12. The molecule has 0 aromatic rings. The van der Waals surface area contributed by atoms with Crippen molar-refractivity contribution >= 4 is 42.6 Å². The highest BCUT2D eigenvalue weighted by Gasteiger charge is 2.40. The molecule has 0 rings (SSSR count). The fourth-order valence-electron chi connectivity index (χ4n) is 2.55. The Morgan fingerprint density at radius 1 is 0.469 bits per heavy atom. The number of allylic oxidation sites excluding steroid dienone is 6. The van der Waals surface area contributed by atoms with E-state index in [4.69, 9.17) is 48.4 Å². The molecule has 0 aromatic heterocycles. The van der Waals surface area contributed by atoms with Crippen LogP contribution in [0, 0.1) is 35.5 Å². The summed E-state index contributed by atoms with van der Waals surface area (Å²) in [6.07, 6.45) is 0. The molecule has 0 bridgehead atoms. The van der Waals surface area contributed by atoms with Gasteiger partial charge in [-0.3, -0.25) is 0 Å². The minimum Gasteiger partial charge on any atom is -0.389 e. The van der Waals surface area contributed by atoms with Gasteiger partial charge in [-0.15, -0.1) is 0 Å². The summed E-state index contributed by atoms with van der Waals surface area (Å²) in [7, 11) is -4.26. The number of phosphoric acid groups is 1. The van der Waals surface area contributed by atoms with E-state index >= 15 is 0 Å². The summed E-state index contributed by atoms with van der Waals surface area (Å²) in [6.45, 7) is 23.1. The molecule has 8 heteroatoms. The van der Waals surface area contributed by atoms with E-state index in [9.17, 15) is 4.57 Å². The zero-order valence-electron chi connectivity index (χ0n) is 21.7. The lowest BCUT2D eigenvalue weighted by Gasteiger charge is -2.29. The summed E-state index contributed by atoms with van der Waals surface area (Å²) in [5, 5.41) is 1.38. The summed E-state index contributed by atoms with van der Waals surface area (Å²) in [5.41, 5.74) is 0. The molecular weight excluding hydrogens is 490 g/mol. The van der Waals surface area contributed by atoms with E-state index in [1.807, 2.05) is 83.1 Å². The number of phosphoric ester groups is 1. The third-order valence-electron chi connectivity index (χ3n) is 4.43. The molecule has 188 valence electrons. The van der Waals surface area contributed by atoms with Gasteiger partial charge in [-0.25, -0.2) is 0 Å². The molecule has 0 unspecified atom stereocenters. The molecule has 0 atom stereocenters. The minimum absolute atomic E-state index is 0.0266. The zero-order valence-corrected chi connectivity index (χ0v) is 24.8. The third-order valence-corrected chi connectivity index (χ3v) is 7.56. The quantitative estimate of drug-likeness (QED) is 0.185. The highest BCUT2D eigenvalue weighted by molar-refractivity contribution is 7.48. The standard InChI is InChI=1S/C24H42Cl3O4P/c1-13(2)19(25)22(16(7)8)29-32(28,30-23(17(9)10)20(26)14(3)4)31-24(18(11)12)21(27)15(5)6/h13-18H,1-12H3/b22-19+,23-20+,24-21+. The maximum absolute atomic E-state index is 14.2. The van der Waals surface area contributed by atoms with Gasteiger partial charge in [0.2, 0.25) is 0 Å². The lowest BCUT2D eigenvalue weighted by molar-refractivity contribution is 0.162. The molecule has 0 saturated carbocycles. The van der Waals surface area contributed by atoms with Gasteiger partial charge in [0.05, 0.1) is 15.1 Å². The zero-order chi connectivity index (χ0) is 25.5. The Hall–Kier alpha value is -0.280. The molecule has 0 aliphatic carbocycles. The molecule has 0 saturated heterocycles. The van der Waals surface area contributed by atoms with Crippen LogP contribution in [-0.2, 0) is 18.1 Å². The topological polar surface area (TPSA) is 44.8 Å². The van der Waals surface area contributed by atoms with Crippen molar-refractivity contribution in [2.45, 2.75) is 83.1 Å². The van der Waals surface area contributed by atoms with Gasteiger partial charge in [-0.05, 0) is 17.8 Å². The molecule has 0 N–H and O–H groups in total. The van der Waals surface area contributed by atoms with E-state index in [1.54, 1.807) is 0 Å². The fraction of sp³-hybridized carbons (Fsp3) is 0.750. The SMILES string of the molecule is CC(C)/C(Cl)=C(\OP(=O)(O/C(=C(/Cl)C(C)C)C(C)C)O/C(=C(/Cl)C(C)C)C(C)C)C(C)C. The average molecular weight is 532 g/mol. The van der Waals surface area contributed by atoms with Crippen LogP contribution < -0.4 is 0 Å². The molecule has 32 heavy (non-hydrogen) atoms. The van der Waals surface area contributed by atoms with Gasteiger partial charge in [0.15, 0.2) is 0 Å². The monoisotopic (exact) mass is 530 g/mol. The van der Waals surface area contributed by atoms with Crippen LogP contribution >= 0.6 is 42.6 Å². The second kappa shape index (κ2) is 13.6. The van der Waals surface area contributed by atoms with Crippen LogP contribution in [0.1, 0.15) is 83.1 Å². The fourth-order valence-corrected chi connectivity index (χ4v) is 5.24. The molecule has 0 aliphatic heterocycles. The Labute approximate surface area is 211 Å². The second-order valence-corrected chi connectivity index (χ2v) is 12.4. The molecule has 0 aliphatic rings. The Kier molecular flexibility index (Phi) is 13.4. The van der Waals surface area contributed by atoms with E-state index in [0.29, 0.717) is 32.4 Å². The second-order valence-electron chi connectivity index (χ2n) is 9.79. The van der Waals surface area contributed by atoms with Gasteiger partial charge in [0.1, 0.15) is 17.3 Å². The molecule has 0 heterocycles. The van der Waals surface area contributed by atoms with Crippen LogP contribution in [0.2, 0.25) is 0 Å². The van der Waals surface area contributed by atoms with Crippen LogP contribution in [0.25, 0.3) is 0 Å². The Morgan fingerprint density at radius 2 is 0.656 bits per heavy atom. The van der Waals surface area contributed by atoms with Crippen molar-refractivity contribution in [2.24, 2.45) is 35.5 Å². The number of hydrogen-bond donors (Lipinski definition) is 0. The normalized spacial score (nSPS) is 15.5. The Morgan fingerprint density at radius 3 is 0.781 bits per heavy atom. The predicted molar refractivity (Wildman–Crippen MR) is 139 cm³/mol. The first-order valence-electron chi connectivity index (χ1n) is 11.3. The van der Waals surface area contributed by atoms with Crippen molar-refractivity contribution in [3.05, 3.63) is 32.4 Å². The molecule has 0 amide bonds. The van der Waals surface area contributed by atoms with E-state index in [1.165, 1.54) is 0 Å². The van der Waals surface area contributed by atoms with Crippen LogP contribution in [0.15, 0.2) is 32.4 Å². The summed E-state index contributed by atoms with van der Waals surface area (Å²) >= 11 is 19.7. The summed E-state index contributed by atoms with van der Waals surface area (Å²) < 4.78 is 32.2. The van der Waals surface area contributed by atoms with E-state index in [0.717, 1.165) is 0 Å². The molecule has 0 spiro atoms. The number of hydrogen-bond acceptors (Lipinski definition) is 4. The Bertz CT molecular complexity index is 663. The predicted octanol–water partition coefficient (Wildman–Crippen LogP) is 10.4. The van der Waals surface area contributed by atoms with Crippen molar-refractivity contribution < 1.29 is 18.1 Å². The summed E-state index contributed by atoms with van der Waals surface area (Å²) in [5.74, 6) is 0.551. The van der Waals surface area contributed by atoms with Gasteiger partial charge in [0, 0.05) is 17.8 Å². The van der Waals surface area contributed by atoms with Gasteiger partial charge < -0.3 is 13.6 Å². The van der Waals surface area contributed by atoms with E-state index in [-0.39, 0.29) is 35.5 Å². The molecule has 0 fully saturated rings. The van der Waals surface area contributed by atoms with Crippen LogP contribution in [0.4, 0.5) is 0 Å². The largest absolute Gasteiger partial charge is 0.646 e. The maximum atomic E-state index is 14.2. The van der Waals surface area contributed by atoms with Crippen LogP contribution in [0.3, 0.4) is 0 Å². The lowest BCUT2D eigenvalue weighted by Crippen LogP contribution is -2.13. The molecule has 4 nitrogen and oxygen atoms in total. The maximum Gasteiger partial charge on any atom is 0.646 e. The van der Waals surface area contributed by atoms with Gasteiger partial charge in [-0.2, -0.15) is 4.57 Å². The first kappa shape index (κ1) is 31.7. The van der Waals surface area contributed by atoms with Crippen molar-refractivity contribution in [3.8, 4) is 0 Å². The van der Waals surface area contributed by atoms with Crippen LogP contribution in [0.5, 0.6) is 0 Å². The van der Waals surface area contributed by atoms with Crippen molar-refractivity contribution in [1.29, 1.82) is 0 Å². The molecule has 0 aromatic carbocycles. The molecular formula is C24H42Cl3O4P. The minimum atomic E-state index is -4.26. The Balaban J connectivity index is 6.83. The van der Waals surface area contributed by atoms with Crippen molar-refractivity contribution in [3.63, 3.8) is 0 Å². The number of halogens is 3. The van der Waals surface area contributed by atoms with E-state index in [2.05, 4.69) is 0 Å². The smallest absolute Gasteiger partial charge is 0.389 e. The summed E-state index contributed by atoms with van der Waals surface area (Å²) in [4.78, 5) is 0. The highest BCUT2D eigenvalue weighted by Crippen LogP contribution is 2.59. The first-order chi connectivity index (χ1) is 14.4. The van der Waals surface area contributed by atoms with Gasteiger partial charge in [0.25, 0.3) is 0 Å². The lowest BCUT2D eigenvalue weighted by atomic mass is 10.1. The van der Waals surface area contributed by atoms with E-state index < -0.39 is 7.82 Å². The average Bonchev–Trinajstić information content (AvgIpc) is 2.66. The highest BCUT2D eigenvalue weighted by atomic mass is 35.5. The van der Waals surface area contributed by atoms with Crippen molar-refractivity contribution in [2.75, 3.05) is 0 Å².